The molecule has 0 amide bonds. The number of hydrazine groups is 1. The summed E-state index contributed by atoms with van der Waals surface area (Å²) in [5.41, 5.74) is 15.5. The molecular weight excluding hydrogens is 350 g/mol. The van der Waals surface area contributed by atoms with Crippen LogP contribution in [0.25, 0.3) is 0 Å². The van der Waals surface area contributed by atoms with E-state index in [9.17, 15) is 0 Å². The van der Waals surface area contributed by atoms with Crippen LogP contribution in [-0.2, 0) is 6.42 Å². The number of benzene rings is 1. The standard InChI is InChI=1S/C21H27N7/c22-21(25-13-6-9-18-15-23-16-26-18)28-27-14-11-19(17-7-2-1-3-8-17)20-10-4-5-12-24-20/h1-5,7-8,10,12,15-16,19,27H,6,9,11,13-14H2,(H,23,26)(H3,22,25,28). The number of hydrogen-bond donors (Lipinski definition) is 4. The second kappa shape index (κ2) is 10.8. The van der Waals surface area contributed by atoms with Gasteiger partial charge in [0.25, 0.3) is 0 Å². The number of H-pyrrole nitrogens is 1. The first kappa shape index (κ1) is 19.6. The van der Waals surface area contributed by atoms with Crippen LogP contribution in [-0.4, -0.2) is 34.0 Å². The number of rotatable bonds is 10. The molecule has 5 N–H and O–H groups in total. The molecule has 7 heteroatoms. The van der Waals surface area contributed by atoms with E-state index in [-0.39, 0.29) is 5.92 Å². The zero-order chi connectivity index (χ0) is 19.4. The van der Waals surface area contributed by atoms with Gasteiger partial charge >= 0.3 is 0 Å². The van der Waals surface area contributed by atoms with E-state index in [1.165, 1.54) is 5.56 Å². The number of nitrogens with one attached hydrogen (secondary N) is 3. The van der Waals surface area contributed by atoms with Crippen molar-refractivity contribution < 1.29 is 0 Å². The molecule has 1 unspecified atom stereocenters. The molecule has 0 fully saturated rings. The van der Waals surface area contributed by atoms with E-state index in [4.69, 9.17) is 5.73 Å². The van der Waals surface area contributed by atoms with Gasteiger partial charge in [0, 0.05) is 42.8 Å². The number of aromatic nitrogens is 3. The normalized spacial score (nSPS) is 12.6. The van der Waals surface area contributed by atoms with Crippen molar-refractivity contribution in [1.29, 1.82) is 0 Å². The third-order valence-corrected chi connectivity index (χ3v) is 4.46. The van der Waals surface area contributed by atoms with Crippen LogP contribution in [0.5, 0.6) is 0 Å². The topological polar surface area (TPSA) is 104 Å². The van der Waals surface area contributed by atoms with Crippen LogP contribution in [0.15, 0.2) is 72.2 Å². The van der Waals surface area contributed by atoms with Crippen molar-refractivity contribution in [2.24, 2.45) is 10.7 Å². The summed E-state index contributed by atoms with van der Waals surface area (Å²) in [4.78, 5) is 15.9. The van der Waals surface area contributed by atoms with Crippen molar-refractivity contribution in [3.05, 3.63) is 84.2 Å². The van der Waals surface area contributed by atoms with Crippen LogP contribution >= 0.6 is 0 Å². The van der Waals surface area contributed by atoms with Crippen molar-refractivity contribution in [2.75, 3.05) is 13.1 Å². The average molecular weight is 377 g/mol. The fourth-order valence-electron chi connectivity index (χ4n) is 3.05. The smallest absolute Gasteiger partial charge is 0.203 e. The number of guanidine groups is 1. The Bertz CT molecular complexity index is 777. The van der Waals surface area contributed by atoms with E-state index in [0.717, 1.165) is 37.2 Å². The van der Waals surface area contributed by atoms with Gasteiger partial charge in [-0.2, -0.15) is 0 Å². The molecule has 2 heterocycles. The molecule has 7 nitrogen and oxygen atoms in total. The molecule has 3 aromatic rings. The zero-order valence-corrected chi connectivity index (χ0v) is 15.9. The Kier molecular flexibility index (Phi) is 7.57. The average Bonchev–Trinajstić information content (AvgIpc) is 3.26. The molecule has 146 valence electrons. The van der Waals surface area contributed by atoms with Gasteiger partial charge in [-0.3, -0.25) is 15.4 Å². The molecule has 2 aromatic heterocycles. The molecular formula is C21H27N7. The number of nitrogens with zero attached hydrogens (tertiary/aromatic N) is 3. The van der Waals surface area contributed by atoms with Crippen LogP contribution in [0, 0.1) is 0 Å². The number of hydrogen-bond acceptors (Lipinski definition) is 4. The Hall–Kier alpha value is -3.19. The lowest BCUT2D eigenvalue weighted by Gasteiger charge is -2.17. The highest BCUT2D eigenvalue weighted by Gasteiger charge is 2.14. The minimum absolute atomic E-state index is 0.226. The van der Waals surface area contributed by atoms with E-state index in [0.29, 0.717) is 12.5 Å². The van der Waals surface area contributed by atoms with Gasteiger partial charge in [-0.1, -0.05) is 36.4 Å². The lowest BCUT2D eigenvalue weighted by molar-refractivity contribution is 0.579. The van der Waals surface area contributed by atoms with Crippen LogP contribution in [0.3, 0.4) is 0 Å². The van der Waals surface area contributed by atoms with Gasteiger partial charge in [-0.25, -0.2) is 10.4 Å². The summed E-state index contributed by atoms with van der Waals surface area (Å²) in [6.45, 7) is 1.40. The molecule has 0 aliphatic heterocycles. The van der Waals surface area contributed by atoms with Crippen LogP contribution < -0.4 is 16.6 Å². The molecule has 28 heavy (non-hydrogen) atoms. The Balaban J connectivity index is 1.43. The van der Waals surface area contributed by atoms with E-state index in [2.05, 4.69) is 61.1 Å². The maximum atomic E-state index is 5.92. The van der Waals surface area contributed by atoms with Gasteiger partial charge < -0.3 is 10.7 Å². The SMILES string of the molecule is NC(=NCCCc1cnc[nH]1)NNCCC(c1ccccc1)c1ccccn1. The molecule has 0 spiro atoms. The van der Waals surface area contributed by atoms with Crippen molar-refractivity contribution in [2.45, 2.75) is 25.2 Å². The number of aromatic amines is 1. The zero-order valence-electron chi connectivity index (χ0n) is 15.9. The Morgan fingerprint density at radius 1 is 1.14 bits per heavy atom. The van der Waals surface area contributed by atoms with Crippen molar-refractivity contribution in [1.82, 2.24) is 25.8 Å². The molecule has 0 bridgehead atoms. The van der Waals surface area contributed by atoms with Gasteiger partial charge in [0.05, 0.1) is 6.33 Å². The summed E-state index contributed by atoms with van der Waals surface area (Å²) in [5.74, 6) is 0.628. The van der Waals surface area contributed by atoms with Crippen LogP contribution in [0.2, 0.25) is 0 Å². The first-order valence-electron chi connectivity index (χ1n) is 9.55. The second-order valence-corrected chi connectivity index (χ2v) is 6.51. The molecule has 0 radical (unpaired) electrons. The van der Waals surface area contributed by atoms with E-state index < -0.39 is 0 Å². The molecule has 0 saturated heterocycles. The summed E-state index contributed by atoms with van der Waals surface area (Å²) in [6.07, 6.45) is 8.07. The van der Waals surface area contributed by atoms with Crippen molar-refractivity contribution in [3.8, 4) is 0 Å². The summed E-state index contributed by atoms with van der Waals surface area (Å²) >= 11 is 0. The molecule has 1 atom stereocenters. The second-order valence-electron chi connectivity index (χ2n) is 6.51. The minimum Gasteiger partial charge on any atom is -0.369 e. The van der Waals surface area contributed by atoms with Crippen LogP contribution in [0.1, 0.15) is 35.7 Å². The lowest BCUT2D eigenvalue weighted by Crippen LogP contribution is -2.43. The van der Waals surface area contributed by atoms with Gasteiger partial charge in [0.15, 0.2) is 0 Å². The Labute approximate surface area is 165 Å². The number of aryl methyl sites for hydroxylation is 1. The van der Waals surface area contributed by atoms with Crippen LogP contribution in [0.4, 0.5) is 0 Å². The summed E-state index contributed by atoms with van der Waals surface area (Å²) in [6, 6.07) is 16.5. The third-order valence-electron chi connectivity index (χ3n) is 4.46. The fraction of sp³-hybridized carbons (Fsp3) is 0.286. The molecule has 1 aromatic carbocycles. The minimum atomic E-state index is 0.226. The van der Waals surface area contributed by atoms with Gasteiger partial charge in [0.1, 0.15) is 0 Å². The van der Waals surface area contributed by atoms with Crippen molar-refractivity contribution in [3.63, 3.8) is 0 Å². The Morgan fingerprint density at radius 3 is 2.75 bits per heavy atom. The summed E-state index contributed by atoms with van der Waals surface area (Å²) in [5, 5.41) is 0. The summed E-state index contributed by atoms with van der Waals surface area (Å²) in [7, 11) is 0. The fourth-order valence-corrected chi connectivity index (χ4v) is 3.05. The predicted octanol–water partition coefficient (Wildman–Crippen LogP) is 2.37. The largest absolute Gasteiger partial charge is 0.369 e. The molecule has 0 aliphatic rings. The maximum Gasteiger partial charge on any atom is 0.203 e. The number of nitrogens with two attached hydrogens (primary N) is 1. The molecule has 0 aliphatic carbocycles. The first-order valence-corrected chi connectivity index (χ1v) is 9.55. The number of aliphatic imine (C=N–C) groups is 1. The van der Waals surface area contributed by atoms with Gasteiger partial charge in [-0.05, 0) is 37.0 Å². The quantitative estimate of drug-likeness (QED) is 0.188. The molecule has 3 rings (SSSR count). The number of pyridine rings is 1. The van der Waals surface area contributed by atoms with Gasteiger partial charge in [0.2, 0.25) is 5.96 Å². The summed E-state index contributed by atoms with van der Waals surface area (Å²) < 4.78 is 0. The lowest BCUT2D eigenvalue weighted by atomic mass is 9.92. The Morgan fingerprint density at radius 2 is 2.00 bits per heavy atom. The highest BCUT2D eigenvalue weighted by molar-refractivity contribution is 5.77. The third kappa shape index (κ3) is 6.21. The number of imidazole rings is 1. The van der Waals surface area contributed by atoms with E-state index in [1.54, 1.807) is 6.33 Å². The maximum absolute atomic E-state index is 5.92. The first-order chi connectivity index (χ1) is 13.8. The van der Waals surface area contributed by atoms with E-state index in [1.807, 2.05) is 30.6 Å². The highest BCUT2D eigenvalue weighted by Crippen LogP contribution is 2.25. The van der Waals surface area contributed by atoms with Crippen molar-refractivity contribution >= 4 is 5.96 Å². The van der Waals surface area contributed by atoms with Gasteiger partial charge in [-0.15, -0.1) is 0 Å². The van der Waals surface area contributed by atoms with E-state index >= 15 is 0 Å². The highest BCUT2D eigenvalue weighted by atomic mass is 15.4. The predicted molar refractivity (Wildman–Crippen MR) is 112 cm³/mol. The molecule has 0 saturated carbocycles. The monoisotopic (exact) mass is 377 g/mol.